The molecule has 1 aliphatic heterocycles. The standard InChI is InChI=1S/C24H26F2N6O2S2/c1-24(6-7-35-12-24)28-20(33)14-4-5-17-18(9-14)32(23-30-29-21(36-23)13-2-3-13)31-19(17)15-8-16(11-27-10-15)34-22(25)26/h8,10-11,13-14,22H,2-7,9,12H2,1H3,(H,28,33). The van der Waals surface area contributed by atoms with Crippen LogP contribution >= 0.6 is 23.1 Å². The van der Waals surface area contributed by atoms with Crippen LogP contribution in [0.4, 0.5) is 8.78 Å². The van der Waals surface area contributed by atoms with Gasteiger partial charge in [0.05, 0.1) is 17.6 Å². The van der Waals surface area contributed by atoms with E-state index in [2.05, 4.69) is 32.2 Å². The number of nitrogens with one attached hydrogen (secondary N) is 1. The predicted molar refractivity (Wildman–Crippen MR) is 133 cm³/mol. The maximum absolute atomic E-state index is 13.3. The summed E-state index contributed by atoms with van der Waals surface area (Å²) >= 11 is 3.39. The molecular formula is C24H26F2N6O2S2. The molecule has 1 amide bonds. The van der Waals surface area contributed by atoms with E-state index in [0.29, 0.717) is 41.6 Å². The second-order valence-electron chi connectivity index (χ2n) is 9.96. The highest BCUT2D eigenvalue weighted by Crippen LogP contribution is 2.43. The quantitative estimate of drug-likeness (QED) is 0.483. The second kappa shape index (κ2) is 9.37. The minimum absolute atomic E-state index is 0.0199. The Bertz CT molecular complexity index is 1290. The summed E-state index contributed by atoms with van der Waals surface area (Å²) in [6.45, 7) is -0.820. The minimum Gasteiger partial charge on any atom is -0.433 e. The molecule has 12 heteroatoms. The lowest BCUT2D eigenvalue weighted by atomic mass is 9.84. The largest absolute Gasteiger partial charge is 0.433 e. The first-order valence-electron chi connectivity index (χ1n) is 12.1. The number of halogens is 2. The first-order chi connectivity index (χ1) is 17.4. The third kappa shape index (κ3) is 4.72. The number of carbonyl (C=O) groups excluding carboxylic acids is 1. The van der Waals surface area contributed by atoms with Crippen LogP contribution in [0.15, 0.2) is 18.5 Å². The van der Waals surface area contributed by atoms with Gasteiger partial charge in [-0.3, -0.25) is 9.78 Å². The molecule has 3 aromatic rings. The van der Waals surface area contributed by atoms with Gasteiger partial charge in [-0.2, -0.15) is 25.6 Å². The smallest absolute Gasteiger partial charge is 0.387 e. The Hall–Kier alpha value is -2.60. The number of carbonyl (C=O) groups is 1. The summed E-state index contributed by atoms with van der Waals surface area (Å²) in [4.78, 5) is 17.4. The number of fused-ring (bicyclic) bond motifs is 1. The first-order valence-corrected chi connectivity index (χ1v) is 14.1. The topological polar surface area (TPSA) is 94.8 Å². The number of aromatic nitrogens is 5. The molecule has 0 aromatic carbocycles. The van der Waals surface area contributed by atoms with E-state index in [0.717, 1.165) is 47.0 Å². The normalized spacial score (nSPS) is 23.6. The first kappa shape index (κ1) is 23.8. The Balaban J connectivity index is 1.35. The highest BCUT2D eigenvalue weighted by Gasteiger charge is 2.37. The fourth-order valence-electron chi connectivity index (χ4n) is 4.91. The lowest BCUT2D eigenvalue weighted by Crippen LogP contribution is -2.49. The summed E-state index contributed by atoms with van der Waals surface area (Å²) in [6, 6.07) is 1.53. The molecule has 1 saturated carbocycles. The van der Waals surface area contributed by atoms with Crippen LogP contribution in [0.25, 0.3) is 16.4 Å². The summed E-state index contributed by atoms with van der Waals surface area (Å²) < 4.78 is 31.9. The molecule has 1 N–H and O–H groups in total. The van der Waals surface area contributed by atoms with Gasteiger partial charge in [0, 0.05) is 46.9 Å². The molecular weight excluding hydrogens is 506 g/mol. The Labute approximate surface area is 215 Å². The molecule has 3 aromatic heterocycles. The zero-order valence-electron chi connectivity index (χ0n) is 19.7. The maximum atomic E-state index is 13.3. The van der Waals surface area contributed by atoms with Crippen molar-refractivity contribution >= 4 is 29.0 Å². The molecule has 2 unspecified atom stereocenters. The average Bonchev–Trinajstić information content (AvgIpc) is 3.24. The second-order valence-corrected chi connectivity index (χ2v) is 12.1. The van der Waals surface area contributed by atoms with E-state index in [9.17, 15) is 13.6 Å². The van der Waals surface area contributed by atoms with Gasteiger partial charge < -0.3 is 10.1 Å². The average molecular weight is 533 g/mol. The number of pyridine rings is 1. The fourth-order valence-corrected chi connectivity index (χ4v) is 7.31. The lowest BCUT2D eigenvalue weighted by molar-refractivity contribution is -0.126. The maximum Gasteiger partial charge on any atom is 0.387 e. The van der Waals surface area contributed by atoms with Crippen molar-refractivity contribution in [1.82, 2.24) is 30.3 Å². The Morgan fingerprint density at radius 3 is 2.89 bits per heavy atom. The van der Waals surface area contributed by atoms with Gasteiger partial charge in [-0.1, -0.05) is 11.3 Å². The molecule has 0 spiro atoms. The monoisotopic (exact) mass is 532 g/mol. The van der Waals surface area contributed by atoms with Gasteiger partial charge in [0.25, 0.3) is 0 Å². The zero-order valence-corrected chi connectivity index (χ0v) is 21.4. The predicted octanol–water partition coefficient (Wildman–Crippen LogP) is 4.38. The van der Waals surface area contributed by atoms with E-state index >= 15 is 0 Å². The number of alkyl halides is 2. The molecule has 36 heavy (non-hydrogen) atoms. The Morgan fingerprint density at radius 2 is 2.14 bits per heavy atom. The van der Waals surface area contributed by atoms with Gasteiger partial charge in [-0.05, 0) is 50.8 Å². The minimum atomic E-state index is -2.94. The van der Waals surface area contributed by atoms with E-state index in [1.807, 2.05) is 11.8 Å². The van der Waals surface area contributed by atoms with Crippen LogP contribution in [0.3, 0.4) is 0 Å². The van der Waals surface area contributed by atoms with Crippen molar-refractivity contribution in [1.29, 1.82) is 0 Å². The number of rotatable bonds is 7. The van der Waals surface area contributed by atoms with Gasteiger partial charge in [-0.25, -0.2) is 4.68 Å². The van der Waals surface area contributed by atoms with Crippen molar-refractivity contribution in [3.63, 3.8) is 0 Å². The summed E-state index contributed by atoms with van der Waals surface area (Å²) in [5.41, 5.74) is 2.98. The molecule has 190 valence electrons. The molecule has 6 rings (SSSR count). The van der Waals surface area contributed by atoms with Crippen molar-refractivity contribution in [3.8, 4) is 22.1 Å². The van der Waals surface area contributed by atoms with E-state index in [-0.39, 0.29) is 23.1 Å². The number of hydrogen-bond acceptors (Lipinski definition) is 8. The van der Waals surface area contributed by atoms with Crippen molar-refractivity contribution < 1.29 is 18.3 Å². The highest BCUT2D eigenvalue weighted by atomic mass is 32.2. The number of hydrogen-bond donors (Lipinski definition) is 1. The van der Waals surface area contributed by atoms with Gasteiger partial charge in [0.1, 0.15) is 10.8 Å². The van der Waals surface area contributed by atoms with Gasteiger partial charge in [-0.15, -0.1) is 10.2 Å². The Morgan fingerprint density at radius 1 is 1.28 bits per heavy atom. The number of amides is 1. The van der Waals surface area contributed by atoms with Crippen LogP contribution < -0.4 is 10.1 Å². The summed E-state index contributed by atoms with van der Waals surface area (Å²) in [5.74, 6) is 2.34. The number of nitrogens with zero attached hydrogens (tertiary/aromatic N) is 5. The van der Waals surface area contributed by atoms with Gasteiger partial charge in [0.15, 0.2) is 0 Å². The number of thioether (sulfide) groups is 1. The van der Waals surface area contributed by atoms with Crippen molar-refractivity contribution in [2.75, 3.05) is 11.5 Å². The molecule has 0 radical (unpaired) electrons. The molecule has 2 aliphatic carbocycles. The Kier molecular flexibility index (Phi) is 6.19. The summed E-state index contributed by atoms with van der Waals surface area (Å²) in [5, 5.41) is 18.6. The van der Waals surface area contributed by atoms with Crippen LogP contribution in [-0.2, 0) is 17.6 Å². The third-order valence-electron chi connectivity index (χ3n) is 7.04. The third-order valence-corrected chi connectivity index (χ3v) is 9.43. The van der Waals surface area contributed by atoms with E-state index in [4.69, 9.17) is 5.10 Å². The molecule has 0 bridgehead atoms. The van der Waals surface area contributed by atoms with E-state index in [1.165, 1.54) is 23.6 Å². The SMILES string of the molecule is CC1(NC(=O)C2CCc3c(-c4cncc(OC(F)F)c4)nn(-c4nnc(C5CC5)s4)c3C2)CCSC1. The summed E-state index contributed by atoms with van der Waals surface area (Å²) in [7, 11) is 0. The van der Waals surface area contributed by atoms with Crippen LogP contribution in [0.5, 0.6) is 5.75 Å². The molecule has 2 atom stereocenters. The van der Waals surface area contributed by atoms with Crippen molar-refractivity contribution in [2.45, 2.75) is 63.5 Å². The molecule has 2 fully saturated rings. The van der Waals surface area contributed by atoms with Crippen molar-refractivity contribution in [2.24, 2.45) is 5.92 Å². The zero-order chi connectivity index (χ0) is 24.9. The molecule has 4 heterocycles. The van der Waals surface area contributed by atoms with E-state index < -0.39 is 6.61 Å². The van der Waals surface area contributed by atoms with Crippen LogP contribution in [-0.4, -0.2) is 54.5 Å². The van der Waals surface area contributed by atoms with Crippen LogP contribution in [0.2, 0.25) is 0 Å². The van der Waals surface area contributed by atoms with Gasteiger partial charge >= 0.3 is 6.61 Å². The molecule has 3 aliphatic rings. The fraction of sp³-hybridized carbons (Fsp3) is 0.542. The van der Waals surface area contributed by atoms with Gasteiger partial charge in [0.2, 0.25) is 11.0 Å². The van der Waals surface area contributed by atoms with E-state index in [1.54, 1.807) is 10.9 Å². The molecule has 8 nitrogen and oxygen atoms in total. The molecule has 1 saturated heterocycles. The number of ether oxygens (including phenoxy) is 1. The summed E-state index contributed by atoms with van der Waals surface area (Å²) in [6.07, 6.45) is 7.93. The highest BCUT2D eigenvalue weighted by molar-refractivity contribution is 7.99. The lowest BCUT2D eigenvalue weighted by Gasteiger charge is -2.29. The van der Waals surface area contributed by atoms with Crippen molar-refractivity contribution in [3.05, 3.63) is 34.7 Å². The van der Waals surface area contributed by atoms with Crippen LogP contribution in [0.1, 0.15) is 54.8 Å². The van der Waals surface area contributed by atoms with Crippen LogP contribution in [0, 0.1) is 5.92 Å².